The molecule has 3 aromatic rings. The van der Waals surface area contributed by atoms with Gasteiger partial charge in [-0.05, 0) is 91.1 Å². The fourth-order valence-electron chi connectivity index (χ4n) is 5.87. The number of benzene rings is 1. The molecule has 2 atom stereocenters. The first-order valence-electron chi connectivity index (χ1n) is 13.3. The Hall–Kier alpha value is -2.58. The van der Waals surface area contributed by atoms with Gasteiger partial charge in [-0.15, -0.1) is 5.10 Å². The summed E-state index contributed by atoms with van der Waals surface area (Å²) in [7, 11) is 0. The number of aromatic amines is 1. The number of nitrogens with one attached hydrogen (secondary N) is 1. The van der Waals surface area contributed by atoms with E-state index < -0.39 is 0 Å². The van der Waals surface area contributed by atoms with Gasteiger partial charge in [0.2, 0.25) is 0 Å². The predicted octanol–water partition coefficient (Wildman–Crippen LogP) is 4.60. The highest BCUT2D eigenvalue weighted by molar-refractivity contribution is 5.80. The molecule has 1 N–H and O–H groups in total. The Kier molecular flexibility index (Phi) is 7.29. The van der Waals surface area contributed by atoms with Crippen LogP contribution in [0.2, 0.25) is 0 Å². The van der Waals surface area contributed by atoms with Crippen molar-refractivity contribution >= 4 is 10.9 Å². The largest absolute Gasteiger partial charge is 0.376 e. The van der Waals surface area contributed by atoms with Crippen LogP contribution in [-0.4, -0.2) is 48.8 Å². The zero-order chi connectivity index (χ0) is 24.4. The standard InChI is InChI=1S/C27H38N6O2/c1-4-25(26-29-30-31-33(26)17-23-11-8-12-35-23)32(22-9-6-5-7-10-22)16-21-15-20-13-18(2)19(3)14-24(20)28-27(21)34/h13-15,22-23,25H,4-12,16-17H2,1-3H3,(H,28,34)/t23-,25-/m0/s1. The van der Waals surface area contributed by atoms with Gasteiger partial charge in [-0.25, -0.2) is 4.68 Å². The summed E-state index contributed by atoms with van der Waals surface area (Å²) < 4.78 is 7.81. The number of rotatable bonds is 8. The van der Waals surface area contributed by atoms with Crippen LogP contribution in [0.15, 0.2) is 23.0 Å². The smallest absolute Gasteiger partial charge is 0.252 e. The Labute approximate surface area is 207 Å². The molecule has 2 aromatic heterocycles. The summed E-state index contributed by atoms with van der Waals surface area (Å²) >= 11 is 0. The zero-order valence-electron chi connectivity index (χ0n) is 21.3. The highest BCUT2D eigenvalue weighted by Crippen LogP contribution is 2.33. The molecule has 3 heterocycles. The Balaban J connectivity index is 1.49. The molecule has 1 aromatic carbocycles. The van der Waals surface area contributed by atoms with Crippen molar-refractivity contribution in [3.8, 4) is 0 Å². The molecular weight excluding hydrogens is 440 g/mol. The molecule has 35 heavy (non-hydrogen) atoms. The van der Waals surface area contributed by atoms with E-state index >= 15 is 0 Å². The first kappa shape index (κ1) is 24.1. The number of pyridine rings is 1. The maximum atomic E-state index is 13.2. The Morgan fingerprint density at radius 3 is 2.66 bits per heavy atom. The maximum absolute atomic E-state index is 13.2. The molecule has 1 aliphatic heterocycles. The number of ether oxygens (including phenoxy) is 1. The minimum Gasteiger partial charge on any atom is -0.376 e. The van der Waals surface area contributed by atoms with Gasteiger partial charge in [-0.2, -0.15) is 0 Å². The summed E-state index contributed by atoms with van der Waals surface area (Å²) in [6.07, 6.45) is 9.23. The lowest BCUT2D eigenvalue weighted by Crippen LogP contribution is -2.41. The summed E-state index contributed by atoms with van der Waals surface area (Å²) in [5.74, 6) is 0.886. The molecule has 1 saturated carbocycles. The van der Waals surface area contributed by atoms with E-state index in [9.17, 15) is 4.79 Å². The van der Waals surface area contributed by atoms with Gasteiger partial charge >= 0.3 is 0 Å². The minimum absolute atomic E-state index is 0.00429. The van der Waals surface area contributed by atoms with Crippen LogP contribution in [0.1, 0.15) is 86.8 Å². The second-order valence-corrected chi connectivity index (χ2v) is 10.4. The average molecular weight is 479 g/mol. The van der Waals surface area contributed by atoms with Crippen molar-refractivity contribution in [1.29, 1.82) is 0 Å². The van der Waals surface area contributed by atoms with E-state index in [0.717, 1.165) is 61.0 Å². The number of hydrogen-bond donors (Lipinski definition) is 1. The fourth-order valence-corrected chi connectivity index (χ4v) is 5.87. The monoisotopic (exact) mass is 478 g/mol. The summed E-state index contributed by atoms with van der Waals surface area (Å²) in [5.41, 5.74) is 4.13. The molecule has 1 aliphatic carbocycles. The van der Waals surface area contributed by atoms with E-state index in [-0.39, 0.29) is 17.7 Å². The van der Waals surface area contributed by atoms with Crippen molar-refractivity contribution in [1.82, 2.24) is 30.1 Å². The molecule has 8 heteroatoms. The summed E-state index contributed by atoms with van der Waals surface area (Å²) in [6, 6.07) is 6.79. The van der Waals surface area contributed by atoms with E-state index in [4.69, 9.17) is 4.74 Å². The first-order valence-corrected chi connectivity index (χ1v) is 13.3. The molecule has 5 rings (SSSR count). The SMILES string of the molecule is CC[C@@H](c1nnnn1C[C@@H]1CCCO1)N(Cc1cc2cc(C)c(C)cc2[nH]c1=O)C1CCCCC1. The van der Waals surface area contributed by atoms with E-state index in [1.165, 1.54) is 30.4 Å². The van der Waals surface area contributed by atoms with E-state index in [1.807, 2.05) is 4.68 Å². The van der Waals surface area contributed by atoms with Crippen molar-refractivity contribution in [2.75, 3.05) is 6.61 Å². The Morgan fingerprint density at radius 2 is 1.91 bits per heavy atom. The van der Waals surface area contributed by atoms with Gasteiger partial charge in [-0.3, -0.25) is 9.69 Å². The van der Waals surface area contributed by atoms with Crippen LogP contribution in [0, 0.1) is 13.8 Å². The van der Waals surface area contributed by atoms with Gasteiger partial charge in [0.05, 0.1) is 18.7 Å². The number of nitrogens with zero attached hydrogens (tertiary/aromatic N) is 5. The predicted molar refractivity (Wildman–Crippen MR) is 136 cm³/mol. The van der Waals surface area contributed by atoms with Crippen LogP contribution in [0.5, 0.6) is 0 Å². The van der Waals surface area contributed by atoms with Gasteiger partial charge < -0.3 is 9.72 Å². The van der Waals surface area contributed by atoms with Gasteiger partial charge in [0.25, 0.3) is 5.56 Å². The van der Waals surface area contributed by atoms with Crippen LogP contribution in [0.3, 0.4) is 0 Å². The summed E-state index contributed by atoms with van der Waals surface area (Å²) in [6.45, 7) is 8.49. The topological polar surface area (TPSA) is 88.9 Å². The number of hydrogen-bond acceptors (Lipinski definition) is 6. The first-order chi connectivity index (χ1) is 17.0. The number of H-pyrrole nitrogens is 1. The molecule has 2 aliphatic rings. The number of tetrazole rings is 1. The highest BCUT2D eigenvalue weighted by atomic mass is 16.5. The highest BCUT2D eigenvalue weighted by Gasteiger charge is 2.32. The second-order valence-electron chi connectivity index (χ2n) is 10.4. The van der Waals surface area contributed by atoms with Gasteiger partial charge in [-0.1, -0.05) is 26.2 Å². The van der Waals surface area contributed by atoms with Crippen LogP contribution in [0.25, 0.3) is 10.9 Å². The lowest BCUT2D eigenvalue weighted by molar-refractivity contribution is 0.0734. The van der Waals surface area contributed by atoms with Crippen molar-refractivity contribution in [3.63, 3.8) is 0 Å². The molecule has 188 valence electrons. The van der Waals surface area contributed by atoms with E-state index in [1.54, 1.807) is 0 Å². The van der Waals surface area contributed by atoms with Gasteiger partial charge in [0.15, 0.2) is 5.82 Å². The van der Waals surface area contributed by atoms with Gasteiger partial charge in [0.1, 0.15) is 0 Å². The van der Waals surface area contributed by atoms with Crippen LogP contribution in [-0.2, 0) is 17.8 Å². The summed E-state index contributed by atoms with van der Waals surface area (Å²) in [4.78, 5) is 18.8. The third-order valence-electron chi connectivity index (χ3n) is 7.98. The average Bonchev–Trinajstić information content (AvgIpc) is 3.54. The molecule has 2 fully saturated rings. The van der Waals surface area contributed by atoms with Crippen LogP contribution < -0.4 is 5.56 Å². The van der Waals surface area contributed by atoms with Crippen molar-refractivity contribution in [3.05, 3.63) is 51.1 Å². The quantitative estimate of drug-likeness (QED) is 0.509. The van der Waals surface area contributed by atoms with Crippen molar-refractivity contribution in [2.45, 2.75) is 103 Å². The van der Waals surface area contributed by atoms with Crippen molar-refractivity contribution < 1.29 is 4.74 Å². The third-order valence-corrected chi connectivity index (χ3v) is 7.98. The Bertz CT molecular complexity index is 1210. The molecule has 0 amide bonds. The zero-order valence-corrected chi connectivity index (χ0v) is 21.3. The minimum atomic E-state index is -0.00429. The molecule has 0 unspecified atom stereocenters. The van der Waals surface area contributed by atoms with Crippen molar-refractivity contribution in [2.24, 2.45) is 0 Å². The lowest BCUT2D eigenvalue weighted by atomic mass is 9.92. The molecular formula is C27H38N6O2. The fraction of sp³-hybridized carbons (Fsp3) is 0.630. The Morgan fingerprint density at radius 1 is 1.11 bits per heavy atom. The van der Waals surface area contributed by atoms with E-state index in [2.05, 4.69) is 64.4 Å². The molecule has 1 saturated heterocycles. The number of aromatic nitrogens is 5. The van der Waals surface area contributed by atoms with Crippen LogP contribution >= 0.6 is 0 Å². The number of aryl methyl sites for hydroxylation is 2. The molecule has 8 nitrogen and oxygen atoms in total. The molecule has 0 bridgehead atoms. The third kappa shape index (κ3) is 5.19. The van der Waals surface area contributed by atoms with E-state index in [0.29, 0.717) is 19.1 Å². The number of fused-ring (bicyclic) bond motifs is 1. The normalized spacial score (nSPS) is 20.2. The van der Waals surface area contributed by atoms with Crippen LogP contribution in [0.4, 0.5) is 0 Å². The lowest BCUT2D eigenvalue weighted by Gasteiger charge is -2.39. The van der Waals surface area contributed by atoms with Gasteiger partial charge in [0, 0.05) is 30.3 Å². The molecule has 0 radical (unpaired) electrons. The maximum Gasteiger partial charge on any atom is 0.252 e. The second kappa shape index (κ2) is 10.6. The summed E-state index contributed by atoms with van der Waals surface area (Å²) in [5, 5.41) is 14.0. The molecule has 0 spiro atoms.